The van der Waals surface area contributed by atoms with E-state index in [9.17, 15) is 18.4 Å². The van der Waals surface area contributed by atoms with Crippen LogP contribution < -0.4 is 9.64 Å². The Hall–Kier alpha value is -3.34. The number of methoxy groups -OCH3 is 1. The summed E-state index contributed by atoms with van der Waals surface area (Å²) in [6.07, 6.45) is 1.53. The second-order valence-electron chi connectivity index (χ2n) is 7.15. The molecule has 0 radical (unpaired) electrons. The number of carbonyl (C=O) groups is 2. The number of amidine groups is 1. The molecule has 4 rings (SSSR count). The fourth-order valence-electron chi connectivity index (χ4n) is 3.16. The molecule has 0 aliphatic carbocycles. The summed E-state index contributed by atoms with van der Waals surface area (Å²) in [4.78, 5) is 30.8. The Balaban J connectivity index is 1.64. The third-order valence-electron chi connectivity index (χ3n) is 4.80. The highest BCUT2D eigenvalue weighted by Crippen LogP contribution is 2.33. The lowest BCUT2D eigenvalue weighted by Gasteiger charge is -2.18. The van der Waals surface area contributed by atoms with Crippen LogP contribution in [-0.4, -0.2) is 30.8 Å². The minimum Gasteiger partial charge on any atom is -0.463 e. The highest BCUT2D eigenvalue weighted by atomic mass is 35.5. The standard InChI is InChI=1S/C24H16Cl2F2N2O5S/c1-33-22(32)20-9-8-17(34-20)12-36-24-29-19(10-13-2-3-14(25)11-18(13)26)21(31)30(24)15-4-6-16(7-5-15)35-23(27)28/h2-11,23H,12H2,1H3/b19-10+. The molecule has 0 fully saturated rings. The number of nitrogens with zero attached hydrogens (tertiary/aromatic N) is 2. The number of carbonyl (C=O) groups excluding carboxylic acids is 2. The monoisotopic (exact) mass is 552 g/mol. The summed E-state index contributed by atoms with van der Waals surface area (Å²) >= 11 is 13.4. The maximum absolute atomic E-state index is 13.3. The van der Waals surface area contributed by atoms with Crippen molar-refractivity contribution in [1.82, 2.24) is 0 Å². The number of anilines is 1. The van der Waals surface area contributed by atoms with Crippen LogP contribution >= 0.6 is 35.0 Å². The molecular weight excluding hydrogens is 537 g/mol. The number of thioether (sulfide) groups is 1. The third-order valence-corrected chi connectivity index (χ3v) is 6.32. The average molecular weight is 553 g/mol. The molecule has 3 aromatic rings. The number of esters is 1. The minimum absolute atomic E-state index is 0.0435. The van der Waals surface area contributed by atoms with Gasteiger partial charge in [-0.15, -0.1) is 0 Å². The summed E-state index contributed by atoms with van der Waals surface area (Å²) in [5.41, 5.74) is 1.02. The fraction of sp³-hybridized carbons (Fsp3) is 0.125. The molecule has 12 heteroatoms. The van der Waals surface area contributed by atoms with E-state index in [0.29, 0.717) is 32.2 Å². The van der Waals surface area contributed by atoms with Crippen LogP contribution in [0.3, 0.4) is 0 Å². The van der Waals surface area contributed by atoms with Crippen molar-refractivity contribution in [2.24, 2.45) is 4.99 Å². The van der Waals surface area contributed by atoms with Crippen molar-refractivity contribution in [2.75, 3.05) is 12.0 Å². The number of halogens is 4. The Morgan fingerprint density at radius 2 is 1.92 bits per heavy atom. The number of hydrogen-bond acceptors (Lipinski definition) is 7. The summed E-state index contributed by atoms with van der Waals surface area (Å²) in [7, 11) is 1.24. The molecule has 0 atom stereocenters. The molecule has 1 aromatic heterocycles. The Bertz CT molecular complexity index is 1360. The van der Waals surface area contributed by atoms with Gasteiger partial charge in [-0.25, -0.2) is 9.79 Å². The molecule has 36 heavy (non-hydrogen) atoms. The second kappa shape index (κ2) is 11.2. The fourth-order valence-corrected chi connectivity index (χ4v) is 4.53. The Morgan fingerprint density at radius 3 is 2.58 bits per heavy atom. The normalized spacial score (nSPS) is 14.5. The molecule has 1 aliphatic rings. The largest absolute Gasteiger partial charge is 0.463 e. The van der Waals surface area contributed by atoms with Crippen molar-refractivity contribution in [1.29, 1.82) is 0 Å². The SMILES string of the molecule is COC(=O)c1ccc(CSC2=N/C(=C/c3ccc(Cl)cc3Cl)C(=O)N2c2ccc(OC(F)F)cc2)o1. The molecule has 1 amide bonds. The van der Waals surface area contributed by atoms with E-state index in [0.717, 1.165) is 0 Å². The van der Waals surface area contributed by atoms with Crippen molar-refractivity contribution in [3.8, 4) is 5.75 Å². The van der Waals surface area contributed by atoms with Crippen LogP contribution in [0.5, 0.6) is 5.75 Å². The zero-order valence-corrected chi connectivity index (χ0v) is 20.7. The van der Waals surface area contributed by atoms with E-state index >= 15 is 0 Å². The number of aliphatic imine (C=N–C) groups is 1. The first kappa shape index (κ1) is 25.7. The molecule has 7 nitrogen and oxygen atoms in total. The first-order chi connectivity index (χ1) is 17.2. The average Bonchev–Trinajstić information content (AvgIpc) is 3.44. The number of amides is 1. The summed E-state index contributed by atoms with van der Waals surface area (Å²) < 4.78 is 39.6. The van der Waals surface area contributed by atoms with Gasteiger partial charge in [0.25, 0.3) is 5.91 Å². The molecule has 186 valence electrons. The lowest BCUT2D eigenvalue weighted by Crippen LogP contribution is -2.30. The van der Waals surface area contributed by atoms with E-state index < -0.39 is 18.5 Å². The van der Waals surface area contributed by atoms with Gasteiger partial charge >= 0.3 is 12.6 Å². The van der Waals surface area contributed by atoms with Crippen molar-refractivity contribution in [3.05, 3.63) is 87.4 Å². The van der Waals surface area contributed by atoms with Gasteiger partial charge in [-0.05, 0) is 60.2 Å². The first-order valence-electron chi connectivity index (χ1n) is 10.2. The third kappa shape index (κ3) is 5.89. The van der Waals surface area contributed by atoms with E-state index in [1.807, 2.05) is 0 Å². The van der Waals surface area contributed by atoms with Crippen LogP contribution in [0.15, 0.2) is 69.7 Å². The molecular formula is C24H16Cl2F2N2O5S. The van der Waals surface area contributed by atoms with Crippen LogP contribution in [0.25, 0.3) is 6.08 Å². The van der Waals surface area contributed by atoms with Gasteiger partial charge in [-0.3, -0.25) is 9.69 Å². The quantitative estimate of drug-likeness (QED) is 0.241. The molecule has 0 saturated heterocycles. The van der Waals surface area contributed by atoms with E-state index in [1.54, 1.807) is 24.3 Å². The Labute approximate surface area is 218 Å². The molecule has 2 aromatic carbocycles. The number of benzene rings is 2. The zero-order chi connectivity index (χ0) is 25.8. The van der Waals surface area contributed by atoms with Crippen LogP contribution in [-0.2, 0) is 15.3 Å². The Kier molecular flexibility index (Phi) is 7.97. The van der Waals surface area contributed by atoms with Crippen LogP contribution in [0.4, 0.5) is 14.5 Å². The van der Waals surface area contributed by atoms with E-state index in [2.05, 4.69) is 14.5 Å². The van der Waals surface area contributed by atoms with Gasteiger partial charge in [0.2, 0.25) is 5.76 Å². The van der Waals surface area contributed by atoms with Crippen LogP contribution in [0.2, 0.25) is 10.0 Å². The summed E-state index contributed by atoms with van der Waals surface area (Å²) in [6, 6.07) is 13.5. The number of furan rings is 1. The predicted molar refractivity (Wildman–Crippen MR) is 134 cm³/mol. The molecule has 0 spiro atoms. The maximum Gasteiger partial charge on any atom is 0.387 e. The van der Waals surface area contributed by atoms with Gasteiger partial charge in [-0.2, -0.15) is 8.78 Å². The van der Waals surface area contributed by atoms with E-state index in [-0.39, 0.29) is 23.0 Å². The zero-order valence-electron chi connectivity index (χ0n) is 18.4. The summed E-state index contributed by atoms with van der Waals surface area (Å²) in [6.45, 7) is -2.97. The maximum atomic E-state index is 13.3. The summed E-state index contributed by atoms with van der Waals surface area (Å²) in [5, 5.41) is 1.08. The first-order valence-corrected chi connectivity index (χ1v) is 11.9. The predicted octanol–water partition coefficient (Wildman–Crippen LogP) is 6.65. The number of rotatable bonds is 7. The second-order valence-corrected chi connectivity index (χ2v) is 8.94. The number of ether oxygens (including phenoxy) is 2. The molecule has 0 bridgehead atoms. The van der Waals surface area contributed by atoms with Gasteiger partial charge in [0, 0.05) is 10.0 Å². The highest BCUT2D eigenvalue weighted by Gasteiger charge is 2.32. The van der Waals surface area contributed by atoms with Crippen molar-refractivity contribution in [3.63, 3.8) is 0 Å². The topological polar surface area (TPSA) is 81.3 Å². The van der Waals surface area contributed by atoms with Gasteiger partial charge in [0.05, 0.1) is 18.6 Å². The van der Waals surface area contributed by atoms with E-state index in [4.69, 9.17) is 27.6 Å². The lowest BCUT2D eigenvalue weighted by atomic mass is 10.2. The van der Waals surface area contributed by atoms with Crippen molar-refractivity contribution < 1.29 is 32.3 Å². The van der Waals surface area contributed by atoms with E-state index in [1.165, 1.54) is 60.2 Å². The molecule has 2 heterocycles. The number of hydrogen-bond donors (Lipinski definition) is 0. The molecule has 0 unspecified atom stereocenters. The molecule has 1 aliphatic heterocycles. The van der Waals surface area contributed by atoms with Gasteiger partial charge in [-0.1, -0.05) is 41.0 Å². The highest BCUT2D eigenvalue weighted by molar-refractivity contribution is 8.13. The number of alkyl halides is 2. The summed E-state index contributed by atoms with van der Waals surface area (Å²) in [5.74, 6) is -0.392. The van der Waals surface area contributed by atoms with Gasteiger partial charge < -0.3 is 13.9 Å². The molecule has 0 saturated carbocycles. The lowest BCUT2D eigenvalue weighted by molar-refractivity contribution is -0.113. The minimum atomic E-state index is -2.97. The van der Waals surface area contributed by atoms with Crippen LogP contribution in [0, 0.1) is 0 Å². The van der Waals surface area contributed by atoms with Gasteiger partial charge in [0.15, 0.2) is 5.17 Å². The molecule has 0 N–H and O–H groups in total. The van der Waals surface area contributed by atoms with Crippen molar-refractivity contribution in [2.45, 2.75) is 12.4 Å². The van der Waals surface area contributed by atoms with Gasteiger partial charge in [0.1, 0.15) is 17.2 Å². The van der Waals surface area contributed by atoms with Crippen molar-refractivity contribution >= 4 is 63.8 Å². The van der Waals surface area contributed by atoms with Crippen LogP contribution in [0.1, 0.15) is 21.9 Å². The Morgan fingerprint density at radius 1 is 1.17 bits per heavy atom. The smallest absolute Gasteiger partial charge is 0.387 e.